The molecule has 0 heterocycles. The van der Waals surface area contributed by atoms with Crippen LogP contribution in [0.2, 0.25) is 0 Å². The van der Waals surface area contributed by atoms with Crippen LogP contribution in [0.15, 0.2) is 66.7 Å². The van der Waals surface area contributed by atoms with Gasteiger partial charge in [0.25, 0.3) is 0 Å². The molecule has 3 nitrogen and oxygen atoms in total. The van der Waals surface area contributed by atoms with Crippen molar-refractivity contribution in [1.29, 1.82) is 0 Å². The van der Waals surface area contributed by atoms with Gasteiger partial charge >= 0.3 is 0 Å². The molecule has 124 valence electrons. The van der Waals surface area contributed by atoms with Crippen LogP contribution in [0, 0.1) is 0 Å². The molecule has 0 saturated carbocycles. The molecule has 1 N–H and O–H groups in total. The third kappa shape index (κ3) is 4.06. The third-order valence-corrected chi connectivity index (χ3v) is 4.26. The van der Waals surface area contributed by atoms with Crippen LogP contribution in [-0.4, -0.2) is 27.2 Å². The van der Waals surface area contributed by atoms with Gasteiger partial charge in [-0.25, -0.2) is 0 Å². The summed E-state index contributed by atoms with van der Waals surface area (Å²) in [5.74, 6) is 0.900. The lowest BCUT2D eigenvalue weighted by Crippen LogP contribution is -2.28. The third-order valence-electron chi connectivity index (χ3n) is 4.26. The standard InChI is InChI=1S/C21H24N2O/c1-23(20-6-4-3-5-7-20)13-12-22-16-17-8-9-19-15-21(24-2)11-10-18(19)14-17/h3-11,14-15,22H,12-13,16H2,1-2H3. The van der Waals surface area contributed by atoms with Gasteiger partial charge in [-0.1, -0.05) is 36.4 Å². The molecule has 0 fully saturated rings. The number of para-hydroxylation sites is 1. The van der Waals surface area contributed by atoms with E-state index in [2.05, 4.69) is 71.9 Å². The lowest BCUT2D eigenvalue weighted by atomic mass is 10.1. The Labute approximate surface area is 143 Å². The first-order valence-corrected chi connectivity index (χ1v) is 8.30. The summed E-state index contributed by atoms with van der Waals surface area (Å²) < 4.78 is 5.27. The lowest BCUT2D eigenvalue weighted by molar-refractivity contribution is 0.415. The summed E-state index contributed by atoms with van der Waals surface area (Å²) in [6.45, 7) is 2.81. The highest BCUT2D eigenvalue weighted by atomic mass is 16.5. The lowest BCUT2D eigenvalue weighted by Gasteiger charge is -2.19. The Kier molecular flexibility index (Phi) is 5.34. The first-order chi connectivity index (χ1) is 11.8. The van der Waals surface area contributed by atoms with E-state index in [1.165, 1.54) is 22.0 Å². The Morgan fingerprint density at radius 1 is 0.917 bits per heavy atom. The van der Waals surface area contributed by atoms with Crippen LogP contribution in [0.25, 0.3) is 10.8 Å². The zero-order valence-corrected chi connectivity index (χ0v) is 14.3. The number of ether oxygens (including phenoxy) is 1. The number of rotatable bonds is 7. The SMILES string of the molecule is COc1ccc2cc(CNCCN(C)c3ccccc3)ccc2c1. The summed E-state index contributed by atoms with van der Waals surface area (Å²) in [4.78, 5) is 2.26. The molecule has 0 atom stereocenters. The number of hydrogen-bond donors (Lipinski definition) is 1. The van der Waals surface area contributed by atoms with Gasteiger partial charge < -0.3 is 15.0 Å². The molecule has 3 aromatic rings. The molecule has 0 aliphatic heterocycles. The minimum absolute atomic E-state index is 0.880. The van der Waals surface area contributed by atoms with E-state index < -0.39 is 0 Å². The molecular formula is C21H24N2O. The van der Waals surface area contributed by atoms with Crippen LogP contribution >= 0.6 is 0 Å². The molecular weight excluding hydrogens is 296 g/mol. The second-order valence-corrected chi connectivity index (χ2v) is 5.98. The number of nitrogens with one attached hydrogen (secondary N) is 1. The van der Waals surface area contributed by atoms with Gasteiger partial charge in [-0.3, -0.25) is 0 Å². The van der Waals surface area contributed by atoms with E-state index in [1.54, 1.807) is 7.11 Å². The van der Waals surface area contributed by atoms with Crippen molar-refractivity contribution in [3.05, 3.63) is 72.3 Å². The fraction of sp³-hybridized carbons (Fsp3) is 0.238. The number of nitrogens with zero attached hydrogens (tertiary/aromatic N) is 1. The van der Waals surface area contributed by atoms with Gasteiger partial charge in [-0.05, 0) is 46.7 Å². The molecule has 0 radical (unpaired) electrons. The van der Waals surface area contributed by atoms with Crippen molar-refractivity contribution < 1.29 is 4.74 Å². The molecule has 0 unspecified atom stereocenters. The molecule has 0 aliphatic carbocycles. The van der Waals surface area contributed by atoms with Gasteiger partial charge in [0.1, 0.15) is 5.75 Å². The zero-order valence-electron chi connectivity index (χ0n) is 14.3. The zero-order chi connectivity index (χ0) is 16.8. The summed E-state index contributed by atoms with van der Waals surface area (Å²) in [5, 5.41) is 5.98. The molecule has 0 bridgehead atoms. The van der Waals surface area contributed by atoms with Crippen LogP contribution in [0.3, 0.4) is 0 Å². The van der Waals surface area contributed by atoms with Gasteiger partial charge in [0.15, 0.2) is 0 Å². The predicted molar refractivity (Wildman–Crippen MR) is 102 cm³/mol. The highest BCUT2D eigenvalue weighted by Gasteiger charge is 2.01. The largest absolute Gasteiger partial charge is 0.497 e. The maximum Gasteiger partial charge on any atom is 0.119 e. The van der Waals surface area contributed by atoms with E-state index in [-0.39, 0.29) is 0 Å². The Hall–Kier alpha value is -2.52. The summed E-state index contributed by atoms with van der Waals surface area (Å²) in [5.41, 5.74) is 2.55. The van der Waals surface area contributed by atoms with Crippen LogP contribution in [0.5, 0.6) is 5.75 Å². The summed E-state index contributed by atoms with van der Waals surface area (Å²) in [7, 11) is 3.83. The maximum absolute atomic E-state index is 5.27. The molecule has 3 rings (SSSR count). The maximum atomic E-state index is 5.27. The van der Waals surface area contributed by atoms with Crippen molar-refractivity contribution in [2.75, 3.05) is 32.1 Å². The number of fused-ring (bicyclic) bond motifs is 1. The number of benzene rings is 3. The molecule has 0 amide bonds. The minimum Gasteiger partial charge on any atom is -0.497 e. The van der Waals surface area contributed by atoms with E-state index in [9.17, 15) is 0 Å². The quantitative estimate of drug-likeness (QED) is 0.664. The second kappa shape index (κ2) is 7.84. The number of methoxy groups -OCH3 is 1. The number of likely N-dealkylation sites (N-methyl/N-ethyl adjacent to an activating group) is 1. The van der Waals surface area contributed by atoms with E-state index >= 15 is 0 Å². The molecule has 0 saturated heterocycles. The summed E-state index contributed by atoms with van der Waals surface area (Å²) >= 11 is 0. The van der Waals surface area contributed by atoms with Crippen molar-refractivity contribution in [1.82, 2.24) is 5.32 Å². The van der Waals surface area contributed by atoms with Crippen molar-refractivity contribution in [3.8, 4) is 5.75 Å². The van der Waals surface area contributed by atoms with Gasteiger partial charge in [-0.2, -0.15) is 0 Å². The van der Waals surface area contributed by atoms with Crippen molar-refractivity contribution in [3.63, 3.8) is 0 Å². The Bertz CT molecular complexity index is 786. The normalized spacial score (nSPS) is 10.8. The Morgan fingerprint density at radius 2 is 1.67 bits per heavy atom. The smallest absolute Gasteiger partial charge is 0.119 e. The molecule has 3 heteroatoms. The van der Waals surface area contributed by atoms with E-state index in [4.69, 9.17) is 4.74 Å². The highest BCUT2D eigenvalue weighted by molar-refractivity contribution is 5.84. The topological polar surface area (TPSA) is 24.5 Å². The first-order valence-electron chi connectivity index (χ1n) is 8.30. The average Bonchev–Trinajstić information content (AvgIpc) is 2.65. The molecule has 0 aliphatic rings. The van der Waals surface area contributed by atoms with Crippen LogP contribution in [0.4, 0.5) is 5.69 Å². The fourth-order valence-electron chi connectivity index (χ4n) is 2.80. The molecule has 3 aromatic carbocycles. The predicted octanol–water partition coefficient (Wildman–Crippen LogP) is 4.07. The summed E-state index contributed by atoms with van der Waals surface area (Å²) in [6, 6.07) is 23.2. The monoisotopic (exact) mass is 320 g/mol. The van der Waals surface area contributed by atoms with Gasteiger partial charge in [0.05, 0.1) is 7.11 Å². The van der Waals surface area contributed by atoms with Gasteiger partial charge in [0.2, 0.25) is 0 Å². The van der Waals surface area contributed by atoms with Crippen LogP contribution in [-0.2, 0) is 6.54 Å². The van der Waals surface area contributed by atoms with Crippen LogP contribution in [0.1, 0.15) is 5.56 Å². The number of hydrogen-bond acceptors (Lipinski definition) is 3. The summed E-state index contributed by atoms with van der Waals surface area (Å²) in [6.07, 6.45) is 0. The Morgan fingerprint density at radius 3 is 2.46 bits per heavy atom. The minimum atomic E-state index is 0.880. The molecule has 24 heavy (non-hydrogen) atoms. The first kappa shape index (κ1) is 16.3. The van der Waals surface area contributed by atoms with Crippen molar-refractivity contribution >= 4 is 16.5 Å². The van der Waals surface area contributed by atoms with E-state index in [0.29, 0.717) is 0 Å². The fourth-order valence-corrected chi connectivity index (χ4v) is 2.80. The highest BCUT2D eigenvalue weighted by Crippen LogP contribution is 2.21. The molecule has 0 aromatic heterocycles. The molecule has 0 spiro atoms. The van der Waals surface area contributed by atoms with Gasteiger partial charge in [-0.15, -0.1) is 0 Å². The second-order valence-electron chi connectivity index (χ2n) is 5.98. The van der Waals surface area contributed by atoms with E-state index in [1.807, 2.05) is 12.1 Å². The Balaban J connectivity index is 1.52. The average molecular weight is 320 g/mol. The van der Waals surface area contributed by atoms with E-state index in [0.717, 1.165) is 25.4 Å². The van der Waals surface area contributed by atoms with Gasteiger partial charge in [0, 0.05) is 32.4 Å². The van der Waals surface area contributed by atoms with Crippen molar-refractivity contribution in [2.45, 2.75) is 6.54 Å². The van der Waals surface area contributed by atoms with Crippen LogP contribution < -0.4 is 15.0 Å². The van der Waals surface area contributed by atoms with Crippen molar-refractivity contribution in [2.24, 2.45) is 0 Å². The number of anilines is 1.